The molecule has 0 saturated carbocycles. The Labute approximate surface area is 223 Å². The van der Waals surface area contributed by atoms with Crippen molar-refractivity contribution in [3.05, 3.63) is 101 Å². The van der Waals surface area contributed by atoms with Crippen LogP contribution >= 0.6 is 0 Å². The minimum Gasteiger partial charge on any atom is -0.384 e. The Bertz CT molecular complexity index is 1720. The lowest BCUT2D eigenvalue weighted by Gasteiger charge is -2.17. The van der Waals surface area contributed by atoms with Gasteiger partial charge in [0, 0.05) is 24.5 Å². The van der Waals surface area contributed by atoms with Gasteiger partial charge in [-0.3, -0.25) is 9.89 Å². The number of nitrogens with two attached hydrogens (primary N) is 1. The zero-order valence-electron chi connectivity index (χ0n) is 21.3. The maximum atomic E-state index is 13.3. The van der Waals surface area contributed by atoms with Crippen LogP contribution in [0.25, 0.3) is 22.2 Å². The van der Waals surface area contributed by atoms with E-state index in [1.54, 1.807) is 25.3 Å². The van der Waals surface area contributed by atoms with Crippen LogP contribution in [0.3, 0.4) is 0 Å². The van der Waals surface area contributed by atoms with E-state index < -0.39 is 5.91 Å². The van der Waals surface area contributed by atoms with Gasteiger partial charge in [0.1, 0.15) is 23.5 Å². The Balaban J connectivity index is 1.33. The van der Waals surface area contributed by atoms with Gasteiger partial charge < -0.3 is 16.4 Å². The number of nitriles is 1. The van der Waals surface area contributed by atoms with Crippen molar-refractivity contribution in [1.82, 2.24) is 25.5 Å². The number of halogens is 1. The number of amides is 1. The molecular formula is C29H25FN8O. The van der Waals surface area contributed by atoms with E-state index in [9.17, 15) is 14.4 Å². The molecule has 1 amide bonds. The fourth-order valence-corrected chi connectivity index (χ4v) is 4.36. The Morgan fingerprint density at radius 2 is 1.92 bits per heavy atom. The lowest BCUT2D eigenvalue weighted by molar-refractivity contribution is 0.0940. The highest BCUT2D eigenvalue weighted by Gasteiger charge is 2.17. The molecule has 0 fully saturated rings. The van der Waals surface area contributed by atoms with Crippen LogP contribution < -0.4 is 16.4 Å². The lowest BCUT2D eigenvalue weighted by atomic mass is 9.99. The zero-order chi connectivity index (χ0) is 27.5. The van der Waals surface area contributed by atoms with Gasteiger partial charge in [-0.05, 0) is 60.4 Å². The predicted octanol–water partition coefficient (Wildman–Crippen LogP) is 5.02. The number of aryl methyl sites for hydroxylation is 1. The third-order valence-electron chi connectivity index (χ3n) is 6.48. The maximum Gasteiger partial charge on any atom is 0.255 e. The van der Waals surface area contributed by atoms with Gasteiger partial charge in [0.25, 0.3) is 5.91 Å². The first-order valence-electron chi connectivity index (χ1n) is 12.2. The van der Waals surface area contributed by atoms with E-state index in [4.69, 9.17) is 5.73 Å². The van der Waals surface area contributed by atoms with Crippen LogP contribution in [-0.4, -0.2) is 26.1 Å². The predicted molar refractivity (Wildman–Crippen MR) is 147 cm³/mol. The summed E-state index contributed by atoms with van der Waals surface area (Å²) in [4.78, 5) is 21.9. The second-order valence-corrected chi connectivity index (χ2v) is 9.21. The molecule has 1 atom stereocenters. The van der Waals surface area contributed by atoms with Crippen molar-refractivity contribution < 1.29 is 9.18 Å². The monoisotopic (exact) mass is 520 g/mol. The van der Waals surface area contributed by atoms with Gasteiger partial charge >= 0.3 is 0 Å². The Morgan fingerprint density at radius 1 is 1.13 bits per heavy atom. The summed E-state index contributed by atoms with van der Waals surface area (Å²) in [5.74, 6) is 0.0782. The summed E-state index contributed by atoms with van der Waals surface area (Å²) in [6, 6.07) is 17.1. The number of nitrogens with one attached hydrogen (secondary N) is 3. The quantitative estimate of drug-likeness (QED) is 0.236. The van der Waals surface area contributed by atoms with Crippen LogP contribution in [0.2, 0.25) is 0 Å². The molecule has 9 nitrogen and oxygen atoms in total. The molecule has 5 aromatic rings. The third kappa shape index (κ3) is 5.38. The summed E-state index contributed by atoms with van der Waals surface area (Å²) in [5, 5.41) is 23.1. The van der Waals surface area contributed by atoms with E-state index in [1.807, 2.05) is 37.3 Å². The van der Waals surface area contributed by atoms with E-state index in [0.717, 1.165) is 33.2 Å². The number of hydrogen-bond acceptors (Lipinski definition) is 7. The molecule has 194 valence electrons. The molecule has 0 radical (unpaired) electrons. The highest BCUT2D eigenvalue weighted by atomic mass is 19.1. The lowest BCUT2D eigenvalue weighted by Crippen LogP contribution is -2.28. The number of rotatable bonds is 7. The Morgan fingerprint density at radius 3 is 2.67 bits per heavy atom. The molecule has 2 aromatic carbocycles. The number of aromatic nitrogens is 4. The normalized spacial score (nSPS) is 11.6. The number of anilines is 2. The number of carbonyl (C=O) groups excluding carboxylic acids is 1. The smallest absolute Gasteiger partial charge is 0.255 e. The van der Waals surface area contributed by atoms with Gasteiger partial charge in [0.05, 0.1) is 22.6 Å². The van der Waals surface area contributed by atoms with Crippen molar-refractivity contribution in [3.8, 4) is 17.2 Å². The van der Waals surface area contributed by atoms with Gasteiger partial charge in [-0.1, -0.05) is 30.3 Å². The van der Waals surface area contributed by atoms with Crippen molar-refractivity contribution >= 4 is 28.6 Å². The number of hydrogen-bond donors (Lipinski definition) is 4. The van der Waals surface area contributed by atoms with E-state index in [-0.39, 0.29) is 23.0 Å². The topological polar surface area (TPSA) is 145 Å². The zero-order valence-corrected chi connectivity index (χ0v) is 21.3. The number of nitrogen functional groups attached to an aromatic ring is 1. The molecule has 0 aliphatic rings. The van der Waals surface area contributed by atoms with E-state index in [2.05, 4.69) is 30.8 Å². The van der Waals surface area contributed by atoms with Crippen molar-refractivity contribution in [2.75, 3.05) is 11.1 Å². The molecule has 10 heteroatoms. The maximum absolute atomic E-state index is 13.3. The summed E-state index contributed by atoms with van der Waals surface area (Å²) in [6.45, 7) is 4.22. The number of pyridine rings is 2. The molecular weight excluding hydrogens is 495 g/mol. The highest BCUT2D eigenvalue weighted by Crippen LogP contribution is 2.28. The average molecular weight is 521 g/mol. The molecule has 0 unspecified atom stereocenters. The minimum absolute atomic E-state index is 0.244. The van der Waals surface area contributed by atoms with E-state index in [1.165, 1.54) is 24.4 Å². The Hall–Kier alpha value is -5.30. The summed E-state index contributed by atoms with van der Waals surface area (Å²) in [7, 11) is 0. The summed E-state index contributed by atoms with van der Waals surface area (Å²) < 4.78 is 13.3. The number of benzene rings is 2. The second kappa shape index (κ2) is 10.6. The third-order valence-corrected chi connectivity index (χ3v) is 6.48. The molecule has 5 N–H and O–H groups in total. The summed E-state index contributed by atoms with van der Waals surface area (Å²) in [6.07, 6.45) is 3.18. The molecule has 0 aliphatic heterocycles. The van der Waals surface area contributed by atoms with Gasteiger partial charge in [0.15, 0.2) is 5.65 Å². The molecule has 0 aliphatic carbocycles. The molecule has 0 bridgehead atoms. The minimum atomic E-state index is -0.396. The Kier molecular flexibility index (Phi) is 6.89. The molecule has 0 spiro atoms. The van der Waals surface area contributed by atoms with Crippen LogP contribution in [-0.2, 0) is 6.54 Å². The van der Waals surface area contributed by atoms with Crippen LogP contribution in [0.5, 0.6) is 0 Å². The van der Waals surface area contributed by atoms with Crippen LogP contribution in [0.1, 0.15) is 45.6 Å². The number of aromatic amines is 1. The average Bonchev–Trinajstić information content (AvgIpc) is 3.32. The van der Waals surface area contributed by atoms with E-state index >= 15 is 0 Å². The molecule has 5 rings (SSSR count). The number of H-pyrrole nitrogens is 1. The van der Waals surface area contributed by atoms with Gasteiger partial charge in [-0.15, -0.1) is 0 Å². The first-order chi connectivity index (χ1) is 18.8. The van der Waals surface area contributed by atoms with Crippen LogP contribution in [0.15, 0.2) is 67.0 Å². The van der Waals surface area contributed by atoms with Crippen molar-refractivity contribution in [2.45, 2.75) is 26.4 Å². The van der Waals surface area contributed by atoms with Gasteiger partial charge in [-0.25, -0.2) is 14.4 Å². The van der Waals surface area contributed by atoms with Crippen LogP contribution in [0.4, 0.5) is 16.0 Å². The highest BCUT2D eigenvalue weighted by molar-refractivity contribution is 5.99. The van der Waals surface area contributed by atoms with Crippen molar-refractivity contribution in [3.63, 3.8) is 0 Å². The molecule has 3 aromatic heterocycles. The fourth-order valence-electron chi connectivity index (χ4n) is 4.36. The van der Waals surface area contributed by atoms with Crippen LogP contribution in [0, 0.1) is 24.1 Å². The second-order valence-electron chi connectivity index (χ2n) is 9.21. The first-order valence-corrected chi connectivity index (χ1v) is 12.2. The largest absolute Gasteiger partial charge is 0.384 e. The van der Waals surface area contributed by atoms with Gasteiger partial charge in [-0.2, -0.15) is 10.4 Å². The first kappa shape index (κ1) is 25.4. The van der Waals surface area contributed by atoms with Crippen molar-refractivity contribution in [1.29, 1.82) is 5.26 Å². The number of fused-ring (bicyclic) bond motifs is 1. The summed E-state index contributed by atoms with van der Waals surface area (Å²) >= 11 is 0. The molecule has 3 heterocycles. The molecule has 39 heavy (non-hydrogen) atoms. The number of carbonyl (C=O) groups is 1. The van der Waals surface area contributed by atoms with Gasteiger partial charge in [0.2, 0.25) is 0 Å². The van der Waals surface area contributed by atoms with E-state index in [0.29, 0.717) is 23.8 Å². The SMILES string of the molecule is Cc1cc(CNc2ncc(C#N)cc2C(=O)N[C@@H](C)c2ccc(F)cc2)ccc1-c1cnc2n[nH]c(N)c2c1. The standard InChI is InChI=1S/C29H25FN8O/c1-16-9-18(3-8-23(16)21-11-24-26(32)37-38-28(24)35-15-21)13-33-27-25(10-19(12-31)14-34-27)29(39)36-17(2)20-4-6-22(30)7-5-20/h3-11,14-15,17H,13H2,1-2H3,(H,33,34)(H,36,39)(H3,32,35,37,38)/t17-/m0/s1. The molecule has 0 saturated heterocycles. The van der Waals surface area contributed by atoms with Crippen molar-refractivity contribution in [2.24, 2.45) is 0 Å². The summed E-state index contributed by atoms with van der Waals surface area (Å²) in [5.41, 5.74) is 11.7. The number of nitrogens with zero attached hydrogens (tertiary/aromatic N) is 4. The fraction of sp³-hybridized carbons (Fsp3) is 0.138.